The van der Waals surface area contributed by atoms with Crippen molar-refractivity contribution in [2.75, 3.05) is 12.5 Å². The van der Waals surface area contributed by atoms with Gasteiger partial charge in [-0.15, -0.1) is 0 Å². The highest BCUT2D eigenvalue weighted by atomic mass is 32.2. The van der Waals surface area contributed by atoms with Gasteiger partial charge in [0.1, 0.15) is 5.52 Å². The van der Waals surface area contributed by atoms with Gasteiger partial charge in [-0.3, -0.25) is 18.1 Å². The van der Waals surface area contributed by atoms with E-state index < -0.39 is 10.8 Å². The molecule has 0 unspecified atom stereocenters. The predicted molar refractivity (Wildman–Crippen MR) is 66.6 cm³/mol. The molecule has 0 spiro atoms. The lowest BCUT2D eigenvalue weighted by atomic mass is 10.5. The summed E-state index contributed by atoms with van der Waals surface area (Å²) >= 11 is 0. The highest BCUT2D eigenvalue weighted by molar-refractivity contribution is 7.83. The van der Waals surface area contributed by atoms with Gasteiger partial charge in [-0.2, -0.15) is 0 Å². The van der Waals surface area contributed by atoms with E-state index in [0.29, 0.717) is 11.2 Å². The van der Waals surface area contributed by atoms with Crippen LogP contribution in [0.3, 0.4) is 0 Å². The number of nitrogens with zero attached hydrogens (tertiary/aromatic N) is 3. The van der Waals surface area contributed by atoms with E-state index >= 15 is 0 Å². The van der Waals surface area contributed by atoms with Gasteiger partial charge >= 0.3 is 5.69 Å². The second-order valence-electron chi connectivity index (χ2n) is 3.55. The third-order valence-corrected chi connectivity index (χ3v) is 2.03. The van der Waals surface area contributed by atoms with Crippen LogP contribution in [0.25, 0.3) is 11.2 Å². The molecule has 2 aromatic rings. The Balaban J connectivity index is 0.000000317. The standard InChI is InChI=1S/C7H8N4O2.C2H6OS/c1-10-5-4(8-3-9-5)6(12)11(2)7(10)13;1-4(2)3/h3H,1-2H3,(H,8,9);1-2H3. The lowest BCUT2D eigenvalue weighted by molar-refractivity contribution is 0.690. The minimum Gasteiger partial charge on any atom is -0.339 e. The number of aromatic nitrogens is 4. The van der Waals surface area contributed by atoms with Crippen LogP contribution in [-0.4, -0.2) is 35.8 Å². The first-order valence-corrected chi connectivity index (χ1v) is 6.67. The summed E-state index contributed by atoms with van der Waals surface area (Å²) < 4.78 is 11.9. The monoisotopic (exact) mass is 258 g/mol. The van der Waals surface area contributed by atoms with Crippen molar-refractivity contribution >= 4 is 22.0 Å². The van der Waals surface area contributed by atoms with Crippen molar-refractivity contribution in [1.82, 2.24) is 19.1 Å². The van der Waals surface area contributed by atoms with Crippen molar-refractivity contribution in [3.8, 4) is 0 Å². The first-order valence-electron chi connectivity index (χ1n) is 4.70. The average Bonchev–Trinajstić information content (AvgIpc) is 2.71. The quantitative estimate of drug-likeness (QED) is 0.653. The molecular weight excluding hydrogens is 244 g/mol. The topological polar surface area (TPSA) is 89.8 Å². The van der Waals surface area contributed by atoms with Gasteiger partial charge in [-0.25, -0.2) is 9.78 Å². The molecule has 0 atom stereocenters. The van der Waals surface area contributed by atoms with Gasteiger partial charge in [-0.1, -0.05) is 0 Å². The summed E-state index contributed by atoms with van der Waals surface area (Å²) in [5.41, 5.74) is 0.0119. The maximum Gasteiger partial charge on any atom is 0.332 e. The number of imidazole rings is 1. The molecule has 0 saturated heterocycles. The largest absolute Gasteiger partial charge is 0.339 e. The molecule has 0 aliphatic rings. The molecule has 2 rings (SSSR count). The second kappa shape index (κ2) is 5.09. The number of nitrogens with one attached hydrogen (secondary N) is 1. The number of aryl methyl sites for hydroxylation is 1. The summed E-state index contributed by atoms with van der Waals surface area (Å²) in [5.74, 6) is 0. The van der Waals surface area contributed by atoms with Crippen LogP contribution in [0.4, 0.5) is 0 Å². The maximum absolute atomic E-state index is 11.4. The summed E-state index contributed by atoms with van der Waals surface area (Å²) in [4.78, 5) is 29.4. The van der Waals surface area contributed by atoms with Crippen molar-refractivity contribution < 1.29 is 4.21 Å². The van der Waals surface area contributed by atoms with Gasteiger partial charge in [0.2, 0.25) is 0 Å². The van der Waals surface area contributed by atoms with Gasteiger partial charge in [-0.05, 0) is 0 Å². The molecule has 2 aromatic heterocycles. The van der Waals surface area contributed by atoms with E-state index in [1.807, 2.05) is 0 Å². The zero-order valence-electron chi connectivity index (χ0n) is 10.1. The highest BCUT2D eigenvalue weighted by Gasteiger charge is 2.08. The van der Waals surface area contributed by atoms with E-state index in [9.17, 15) is 13.8 Å². The molecule has 0 amide bonds. The van der Waals surface area contributed by atoms with E-state index in [2.05, 4.69) is 9.97 Å². The summed E-state index contributed by atoms with van der Waals surface area (Å²) in [6, 6.07) is 0. The van der Waals surface area contributed by atoms with Crippen molar-refractivity contribution in [1.29, 1.82) is 0 Å². The minimum atomic E-state index is -0.611. The first kappa shape index (κ1) is 13.4. The van der Waals surface area contributed by atoms with E-state index in [4.69, 9.17) is 0 Å². The van der Waals surface area contributed by atoms with Gasteiger partial charge < -0.3 is 4.98 Å². The average molecular weight is 258 g/mol. The number of hydrogen-bond donors (Lipinski definition) is 1. The fourth-order valence-corrected chi connectivity index (χ4v) is 1.27. The molecule has 0 aliphatic heterocycles. The third-order valence-electron chi connectivity index (χ3n) is 2.03. The minimum absolute atomic E-state index is 0.351. The molecule has 0 fully saturated rings. The number of H-pyrrole nitrogens is 1. The number of aromatic amines is 1. The predicted octanol–water partition coefficient (Wildman–Crippen LogP) is -1.04. The van der Waals surface area contributed by atoms with Crippen LogP contribution >= 0.6 is 0 Å². The molecular formula is C9H14N4O3S. The fourth-order valence-electron chi connectivity index (χ4n) is 1.27. The zero-order valence-corrected chi connectivity index (χ0v) is 10.9. The van der Waals surface area contributed by atoms with Crippen LogP contribution in [0.1, 0.15) is 0 Å². The van der Waals surface area contributed by atoms with Crippen LogP contribution < -0.4 is 11.2 Å². The van der Waals surface area contributed by atoms with Gasteiger partial charge in [0, 0.05) is 37.4 Å². The van der Waals surface area contributed by atoms with Gasteiger partial charge in [0.05, 0.1) is 6.33 Å². The van der Waals surface area contributed by atoms with E-state index in [0.717, 1.165) is 4.57 Å². The van der Waals surface area contributed by atoms with Gasteiger partial charge in [0.25, 0.3) is 5.56 Å². The Kier molecular flexibility index (Phi) is 4.00. The second-order valence-corrected chi connectivity index (χ2v) is 5.03. The lowest BCUT2D eigenvalue weighted by Gasteiger charge is -2.00. The maximum atomic E-state index is 11.4. The molecule has 17 heavy (non-hydrogen) atoms. The number of hydrogen-bond acceptors (Lipinski definition) is 4. The Morgan fingerprint density at radius 2 is 1.76 bits per heavy atom. The number of fused-ring (bicyclic) bond motifs is 1. The van der Waals surface area contributed by atoms with Crippen LogP contribution in [0.15, 0.2) is 15.9 Å². The molecule has 0 radical (unpaired) electrons. The highest BCUT2D eigenvalue weighted by Crippen LogP contribution is 1.97. The van der Waals surface area contributed by atoms with Crippen LogP contribution in [0.5, 0.6) is 0 Å². The van der Waals surface area contributed by atoms with Crippen molar-refractivity contribution in [2.24, 2.45) is 14.1 Å². The Morgan fingerprint density at radius 3 is 2.29 bits per heavy atom. The first-order chi connectivity index (χ1) is 7.86. The van der Waals surface area contributed by atoms with E-state index in [-0.39, 0.29) is 11.2 Å². The molecule has 2 heterocycles. The Hall–Kier alpha value is -1.70. The normalized spacial score (nSPS) is 10.4. The molecule has 8 heteroatoms. The third kappa shape index (κ3) is 2.70. The molecule has 0 bridgehead atoms. The molecule has 94 valence electrons. The molecule has 7 nitrogen and oxygen atoms in total. The number of rotatable bonds is 0. The van der Waals surface area contributed by atoms with Crippen LogP contribution in [-0.2, 0) is 24.9 Å². The summed E-state index contributed by atoms with van der Waals surface area (Å²) in [5, 5.41) is 0. The molecule has 0 aromatic carbocycles. The fraction of sp³-hybridized carbons (Fsp3) is 0.444. The Bertz CT molecular complexity index is 663. The molecule has 0 aliphatic carbocycles. The SMILES string of the molecule is CS(C)=O.Cn1c(=O)c2[nH]cnc2n(C)c1=O. The zero-order chi connectivity index (χ0) is 13.2. The van der Waals surface area contributed by atoms with Gasteiger partial charge in [0.15, 0.2) is 5.65 Å². The Labute approximate surface area is 99.6 Å². The Morgan fingerprint density at radius 1 is 1.24 bits per heavy atom. The van der Waals surface area contributed by atoms with Crippen molar-refractivity contribution in [3.63, 3.8) is 0 Å². The van der Waals surface area contributed by atoms with Crippen LogP contribution in [0, 0.1) is 0 Å². The molecule has 1 N–H and O–H groups in total. The van der Waals surface area contributed by atoms with Crippen LogP contribution in [0.2, 0.25) is 0 Å². The van der Waals surface area contributed by atoms with E-state index in [1.54, 1.807) is 19.6 Å². The molecule has 0 saturated carbocycles. The smallest absolute Gasteiger partial charge is 0.332 e. The van der Waals surface area contributed by atoms with E-state index in [1.165, 1.54) is 17.9 Å². The lowest BCUT2D eigenvalue weighted by Crippen LogP contribution is -2.36. The summed E-state index contributed by atoms with van der Waals surface area (Å²) in [6.07, 6.45) is 4.67. The summed E-state index contributed by atoms with van der Waals surface area (Å²) in [7, 11) is 2.40. The summed E-state index contributed by atoms with van der Waals surface area (Å²) in [6.45, 7) is 0. The van der Waals surface area contributed by atoms with Crippen molar-refractivity contribution in [3.05, 3.63) is 27.2 Å². The van der Waals surface area contributed by atoms with Crippen molar-refractivity contribution in [2.45, 2.75) is 0 Å².